The minimum absolute atomic E-state index is 0.148. The molecule has 4 rings (SSSR count). The maximum absolute atomic E-state index is 13.5. The summed E-state index contributed by atoms with van der Waals surface area (Å²) in [5.41, 5.74) is 1.88. The Bertz CT molecular complexity index is 1250. The molecule has 0 saturated carbocycles. The largest absolute Gasteiger partial charge is 0.339 e. The fourth-order valence-corrected chi connectivity index (χ4v) is 6.97. The SMILES string of the molecule is CCc1cccc(NC(=O)[C@H]2CCCN(S(=O)(=O)c3cc(-c4noc(CC)n4)sc3C)C2)c1. The zero-order valence-corrected chi connectivity index (χ0v) is 20.6. The van der Waals surface area contributed by atoms with Gasteiger partial charge in [-0.1, -0.05) is 31.1 Å². The predicted molar refractivity (Wildman–Crippen MR) is 128 cm³/mol. The minimum atomic E-state index is -3.75. The average Bonchev–Trinajstić information content (AvgIpc) is 3.46. The lowest BCUT2D eigenvalue weighted by molar-refractivity contribution is -0.120. The van der Waals surface area contributed by atoms with Gasteiger partial charge in [0, 0.05) is 30.1 Å². The third-order valence-corrected chi connectivity index (χ3v) is 9.01. The number of anilines is 1. The molecule has 8 nitrogen and oxygen atoms in total. The molecule has 1 amide bonds. The molecular weight excluding hydrogens is 460 g/mol. The molecule has 1 aliphatic heterocycles. The van der Waals surface area contributed by atoms with E-state index in [1.54, 1.807) is 13.0 Å². The number of sulfonamides is 1. The van der Waals surface area contributed by atoms with Crippen molar-refractivity contribution in [2.24, 2.45) is 5.92 Å². The quantitative estimate of drug-likeness (QED) is 0.532. The Morgan fingerprint density at radius 1 is 1.27 bits per heavy atom. The van der Waals surface area contributed by atoms with Crippen LogP contribution in [0.2, 0.25) is 0 Å². The van der Waals surface area contributed by atoms with Crippen molar-refractivity contribution in [3.8, 4) is 10.7 Å². The summed E-state index contributed by atoms with van der Waals surface area (Å²) < 4.78 is 33.5. The molecule has 1 N–H and O–H groups in total. The first-order valence-electron chi connectivity index (χ1n) is 11.1. The highest BCUT2D eigenvalue weighted by molar-refractivity contribution is 7.89. The molecule has 1 saturated heterocycles. The molecule has 1 fully saturated rings. The maximum atomic E-state index is 13.5. The number of carbonyl (C=O) groups excluding carboxylic acids is 1. The molecule has 1 atom stereocenters. The number of aryl methyl sites for hydroxylation is 3. The van der Waals surface area contributed by atoms with Crippen LogP contribution in [-0.4, -0.2) is 41.9 Å². The number of amides is 1. The summed E-state index contributed by atoms with van der Waals surface area (Å²) in [5, 5.41) is 6.91. The first kappa shape index (κ1) is 23.6. The molecule has 1 aliphatic rings. The Labute approximate surface area is 198 Å². The number of benzene rings is 1. The van der Waals surface area contributed by atoms with E-state index in [9.17, 15) is 13.2 Å². The van der Waals surface area contributed by atoms with Crippen molar-refractivity contribution in [3.63, 3.8) is 0 Å². The van der Waals surface area contributed by atoms with Crippen LogP contribution in [0.4, 0.5) is 5.69 Å². The van der Waals surface area contributed by atoms with Crippen molar-refractivity contribution in [2.45, 2.75) is 51.3 Å². The van der Waals surface area contributed by atoms with E-state index >= 15 is 0 Å². The summed E-state index contributed by atoms with van der Waals surface area (Å²) in [6, 6.07) is 9.34. The second-order valence-corrected chi connectivity index (χ2v) is 11.3. The van der Waals surface area contributed by atoms with E-state index in [-0.39, 0.29) is 17.3 Å². The van der Waals surface area contributed by atoms with Crippen LogP contribution in [-0.2, 0) is 27.7 Å². The summed E-state index contributed by atoms with van der Waals surface area (Å²) in [4.78, 5) is 18.8. The van der Waals surface area contributed by atoms with Gasteiger partial charge in [0.05, 0.1) is 15.7 Å². The van der Waals surface area contributed by atoms with Crippen molar-refractivity contribution in [1.29, 1.82) is 0 Å². The Hall–Kier alpha value is -2.56. The van der Waals surface area contributed by atoms with Crippen LogP contribution >= 0.6 is 11.3 Å². The number of nitrogens with one attached hydrogen (secondary N) is 1. The highest BCUT2D eigenvalue weighted by atomic mass is 32.2. The van der Waals surface area contributed by atoms with E-state index in [1.165, 1.54) is 15.6 Å². The number of rotatable bonds is 7. The van der Waals surface area contributed by atoms with Crippen LogP contribution in [0.3, 0.4) is 0 Å². The van der Waals surface area contributed by atoms with Gasteiger partial charge in [-0.05, 0) is 49.9 Å². The van der Waals surface area contributed by atoms with Gasteiger partial charge < -0.3 is 9.84 Å². The average molecular weight is 489 g/mol. The molecule has 0 spiro atoms. The van der Waals surface area contributed by atoms with Crippen molar-refractivity contribution in [2.75, 3.05) is 18.4 Å². The summed E-state index contributed by atoms with van der Waals surface area (Å²) in [6.07, 6.45) is 2.78. The summed E-state index contributed by atoms with van der Waals surface area (Å²) >= 11 is 1.32. The van der Waals surface area contributed by atoms with Gasteiger partial charge in [0.15, 0.2) is 0 Å². The number of carbonyl (C=O) groups is 1. The molecule has 3 heterocycles. The predicted octanol–water partition coefficient (Wildman–Crippen LogP) is 4.27. The monoisotopic (exact) mass is 488 g/mol. The Morgan fingerprint density at radius 2 is 2.09 bits per heavy atom. The van der Waals surface area contributed by atoms with Crippen LogP contribution in [0.15, 0.2) is 39.8 Å². The Balaban J connectivity index is 1.50. The number of nitrogens with zero attached hydrogens (tertiary/aromatic N) is 3. The van der Waals surface area contributed by atoms with Crippen LogP contribution in [0.5, 0.6) is 0 Å². The fraction of sp³-hybridized carbons (Fsp3) is 0.435. The van der Waals surface area contributed by atoms with Gasteiger partial charge in [-0.15, -0.1) is 11.3 Å². The molecule has 2 aromatic heterocycles. The number of aromatic nitrogens is 2. The molecule has 1 aromatic carbocycles. The van der Waals surface area contributed by atoms with E-state index in [4.69, 9.17) is 4.52 Å². The molecule has 0 aliphatic carbocycles. The van der Waals surface area contributed by atoms with Gasteiger partial charge in [0.1, 0.15) is 0 Å². The third kappa shape index (κ3) is 5.02. The summed E-state index contributed by atoms with van der Waals surface area (Å²) in [6.45, 7) is 6.30. The second kappa shape index (κ2) is 9.74. The lowest BCUT2D eigenvalue weighted by Crippen LogP contribution is -2.43. The lowest BCUT2D eigenvalue weighted by atomic mass is 9.98. The minimum Gasteiger partial charge on any atom is -0.339 e. The molecular formula is C23H28N4O4S2. The maximum Gasteiger partial charge on any atom is 0.244 e. The number of hydrogen-bond acceptors (Lipinski definition) is 7. The Morgan fingerprint density at radius 3 is 2.82 bits per heavy atom. The molecule has 0 radical (unpaired) electrons. The van der Waals surface area contributed by atoms with Crippen LogP contribution in [0.25, 0.3) is 10.7 Å². The number of thiophene rings is 1. The van der Waals surface area contributed by atoms with Crippen LogP contribution in [0, 0.1) is 12.8 Å². The third-order valence-electron chi connectivity index (χ3n) is 5.84. The molecule has 0 unspecified atom stereocenters. The zero-order chi connectivity index (χ0) is 23.6. The van der Waals surface area contributed by atoms with E-state index in [0.717, 1.165) is 17.7 Å². The van der Waals surface area contributed by atoms with Gasteiger partial charge in [0.25, 0.3) is 0 Å². The second-order valence-electron chi connectivity index (χ2n) is 8.14. The topological polar surface area (TPSA) is 105 Å². The zero-order valence-electron chi connectivity index (χ0n) is 19.0. The van der Waals surface area contributed by atoms with E-state index in [0.29, 0.717) is 47.3 Å². The van der Waals surface area contributed by atoms with Gasteiger partial charge in [-0.25, -0.2) is 8.42 Å². The highest BCUT2D eigenvalue weighted by Crippen LogP contribution is 2.35. The van der Waals surface area contributed by atoms with Crippen LogP contribution < -0.4 is 5.32 Å². The normalized spacial score (nSPS) is 17.2. The van der Waals surface area contributed by atoms with E-state index < -0.39 is 15.9 Å². The van der Waals surface area contributed by atoms with Crippen molar-refractivity contribution in [3.05, 3.63) is 46.7 Å². The molecule has 10 heteroatoms. The first-order chi connectivity index (χ1) is 15.8. The van der Waals surface area contributed by atoms with Crippen LogP contribution in [0.1, 0.15) is 43.0 Å². The van der Waals surface area contributed by atoms with Gasteiger partial charge in [0.2, 0.25) is 27.6 Å². The summed E-state index contributed by atoms with van der Waals surface area (Å²) in [5.74, 6) is 0.354. The fourth-order valence-electron chi connectivity index (χ4n) is 3.96. The van der Waals surface area contributed by atoms with Gasteiger partial charge in [-0.2, -0.15) is 9.29 Å². The number of hydrogen-bond donors (Lipinski definition) is 1. The van der Waals surface area contributed by atoms with Crippen molar-refractivity contribution >= 4 is 33.0 Å². The summed E-state index contributed by atoms with van der Waals surface area (Å²) in [7, 11) is -3.75. The highest BCUT2D eigenvalue weighted by Gasteiger charge is 2.35. The van der Waals surface area contributed by atoms with E-state index in [1.807, 2.05) is 31.2 Å². The van der Waals surface area contributed by atoms with Gasteiger partial charge >= 0.3 is 0 Å². The molecule has 176 valence electrons. The lowest BCUT2D eigenvalue weighted by Gasteiger charge is -2.31. The smallest absolute Gasteiger partial charge is 0.244 e. The molecule has 3 aromatic rings. The standard InChI is InChI=1S/C23H28N4O4S2/c1-4-16-8-6-10-18(12-16)24-23(28)17-9-7-11-27(14-17)33(29,30)20-13-19(32-15(20)3)22-25-21(5-2)31-26-22/h6,8,10,12-13,17H,4-5,7,9,11,14H2,1-3H3,(H,24,28)/t17-/m0/s1. The first-order valence-corrected chi connectivity index (χ1v) is 13.4. The molecule has 0 bridgehead atoms. The number of piperidine rings is 1. The van der Waals surface area contributed by atoms with Crippen molar-refractivity contribution in [1.82, 2.24) is 14.4 Å². The van der Waals surface area contributed by atoms with Gasteiger partial charge in [-0.3, -0.25) is 4.79 Å². The van der Waals surface area contributed by atoms with E-state index in [2.05, 4.69) is 22.4 Å². The molecule has 33 heavy (non-hydrogen) atoms. The van der Waals surface area contributed by atoms with Crippen molar-refractivity contribution < 1.29 is 17.7 Å². The Kier molecular flexibility index (Phi) is 6.96.